The molecule has 2 fully saturated rings. The minimum Gasteiger partial charge on any atom is -0.370 e. The van der Waals surface area contributed by atoms with Gasteiger partial charge in [0.2, 0.25) is 6.29 Å². The van der Waals surface area contributed by atoms with Crippen LogP contribution in [0.25, 0.3) is 0 Å². The second-order valence-corrected chi connectivity index (χ2v) is 4.14. The van der Waals surface area contributed by atoms with E-state index in [1.165, 1.54) is 19.3 Å². The Kier molecular flexibility index (Phi) is 2.49. The Hall–Kier alpha value is -0.630. The molecule has 3 unspecified atom stereocenters. The maximum atomic E-state index is 10.2. The third-order valence-electron chi connectivity index (χ3n) is 3.11. The van der Waals surface area contributed by atoms with Crippen LogP contribution in [0, 0.1) is 5.92 Å². The molecule has 1 radical (unpaired) electrons. The molecule has 0 spiro atoms. The number of epoxide rings is 1. The van der Waals surface area contributed by atoms with Gasteiger partial charge in [0, 0.05) is 0 Å². The molecule has 1 saturated carbocycles. The summed E-state index contributed by atoms with van der Waals surface area (Å²) in [6.07, 6.45) is 8.54. The number of rotatable bonds is 4. The minimum absolute atomic E-state index is 0.548. The van der Waals surface area contributed by atoms with Crippen molar-refractivity contribution in [3.8, 4) is 0 Å². The molecule has 1 heterocycles. The average molecular weight is 179 g/mol. The topological polar surface area (TPSA) is 29.6 Å². The maximum Gasteiger partial charge on any atom is 0.228 e. The number of allylic oxidation sites excluding steroid dienone is 1. The lowest BCUT2D eigenvalue weighted by Gasteiger charge is -2.17. The van der Waals surface area contributed by atoms with Gasteiger partial charge >= 0.3 is 0 Å². The summed E-state index contributed by atoms with van der Waals surface area (Å²) in [4.78, 5) is 10.2. The van der Waals surface area contributed by atoms with Crippen molar-refractivity contribution in [2.24, 2.45) is 5.92 Å². The van der Waals surface area contributed by atoms with Crippen LogP contribution in [0.15, 0.2) is 12.2 Å². The molecule has 1 aliphatic carbocycles. The van der Waals surface area contributed by atoms with E-state index in [0.717, 1.165) is 18.8 Å². The Morgan fingerprint density at radius 3 is 3.00 bits per heavy atom. The Morgan fingerprint density at radius 1 is 1.46 bits per heavy atom. The van der Waals surface area contributed by atoms with E-state index < -0.39 is 0 Å². The molecule has 0 aromatic heterocycles. The van der Waals surface area contributed by atoms with E-state index >= 15 is 0 Å². The van der Waals surface area contributed by atoms with E-state index in [1.54, 1.807) is 0 Å². The molecule has 0 bridgehead atoms. The van der Waals surface area contributed by atoms with Crippen LogP contribution in [0.2, 0.25) is 0 Å². The van der Waals surface area contributed by atoms with Crippen molar-refractivity contribution < 1.29 is 9.53 Å². The van der Waals surface area contributed by atoms with Crippen molar-refractivity contribution in [1.29, 1.82) is 0 Å². The molecule has 0 N–H and O–H groups in total. The van der Waals surface area contributed by atoms with Crippen LogP contribution in [0.1, 0.15) is 32.1 Å². The summed E-state index contributed by atoms with van der Waals surface area (Å²) in [5.41, 5.74) is 0.610. The summed E-state index contributed by atoms with van der Waals surface area (Å²) in [6, 6.07) is 0. The van der Waals surface area contributed by atoms with Crippen LogP contribution in [0.5, 0.6) is 0 Å². The zero-order chi connectivity index (χ0) is 9.26. The standard InChI is InChI=1S/C11H15O2/c1-8(7-12)2-3-9-4-5-10-11(6-9)13-10/h9-11H,1-6H2. The van der Waals surface area contributed by atoms with Gasteiger partial charge in [0.15, 0.2) is 0 Å². The first-order chi connectivity index (χ1) is 6.29. The van der Waals surface area contributed by atoms with Crippen LogP contribution in [0.4, 0.5) is 0 Å². The van der Waals surface area contributed by atoms with Crippen molar-refractivity contribution in [2.45, 2.75) is 44.3 Å². The lowest BCUT2D eigenvalue weighted by Crippen LogP contribution is -2.13. The zero-order valence-corrected chi connectivity index (χ0v) is 7.79. The highest BCUT2D eigenvalue weighted by Gasteiger charge is 2.43. The maximum absolute atomic E-state index is 10.2. The van der Waals surface area contributed by atoms with Crippen molar-refractivity contribution in [2.75, 3.05) is 0 Å². The zero-order valence-electron chi connectivity index (χ0n) is 7.79. The molecule has 0 amide bonds. The predicted octanol–water partition coefficient (Wildman–Crippen LogP) is 2.00. The normalized spacial score (nSPS) is 36.5. The molecule has 0 aromatic rings. The summed E-state index contributed by atoms with van der Waals surface area (Å²) in [6.45, 7) is 3.63. The Labute approximate surface area is 79.0 Å². The second-order valence-electron chi connectivity index (χ2n) is 4.14. The Bertz CT molecular complexity index is 222. The summed E-state index contributed by atoms with van der Waals surface area (Å²) in [7, 11) is 0. The molecule has 2 aliphatic rings. The lowest BCUT2D eigenvalue weighted by molar-refractivity contribution is 0.352. The molecule has 0 aromatic carbocycles. The van der Waals surface area contributed by atoms with E-state index in [0.29, 0.717) is 17.8 Å². The second kappa shape index (κ2) is 3.62. The van der Waals surface area contributed by atoms with Crippen LogP contribution >= 0.6 is 0 Å². The minimum atomic E-state index is 0.548. The van der Waals surface area contributed by atoms with Crippen molar-refractivity contribution in [3.05, 3.63) is 12.2 Å². The van der Waals surface area contributed by atoms with Crippen LogP contribution in [-0.4, -0.2) is 18.5 Å². The third-order valence-corrected chi connectivity index (χ3v) is 3.11. The fraction of sp³-hybridized carbons (Fsp3) is 0.727. The number of fused-ring (bicyclic) bond motifs is 1. The lowest BCUT2D eigenvalue weighted by atomic mass is 9.85. The predicted molar refractivity (Wildman–Crippen MR) is 50.1 cm³/mol. The Balaban J connectivity index is 1.69. The molecule has 71 valence electrons. The molecule has 2 nitrogen and oxygen atoms in total. The number of hydrogen-bond acceptors (Lipinski definition) is 2. The van der Waals surface area contributed by atoms with Crippen LogP contribution < -0.4 is 0 Å². The SMILES string of the molecule is C=C([C]=O)CCC1CCC2OC2C1. The van der Waals surface area contributed by atoms with Gasteiger partial charge < -0.3 is 4.74 Å². The van der Waals surface area contributed by atoms with E-state index in [9.17, 15) is 4.79 Å². The van der Waals surface area contributed by atoms with Gasteiger partial charge in [-0.05, 0) is 43.6 Å². The van der Waals surface area contributed by atoms with Gasteiger partial charge in [-0.3, -0.25) is 4.79 Å². The summed E-state index contributed by atoms with van der Waals surface area (Å²) in [5.74, 6) is 0.744. The smallest absolute Gasteiger partial charge is 0.228 e. The van der Waals surface area contributed by atoms with E-state index in [4.69, 9.17) is 4.74 Å². The third kappa shape index (κ3) is 2.19. The van der Waals surface area contributed by atoms with Gasteiger partial charge in [-0.2, -0.15) is 0 Å². The summed E-state index contributed by atoms with van der Waals surface area (Å²) in [5, 5.41) is 0. The number of hydrogen-bond donors (Lipinski definition) is 0. The van der Waals surface area contributed by atoms with Gasteiger partial charge in [-0.1, -0.05) is 6.58 Å². The van der Waals surface area contributed by atoms with Gasteiger partial charge in [0.1, 0.15) is 0 Å². The first kappa shape index (κ1) is 8.95. The average Bonchev–Trinajstić information content (AvgIpc) is 2.91. The largest absolute Gasteiger partial charge is 0.370 e. The Morgan fingerprint density at radius 2 is 2.31 bits per heavy atom. The first-order valence-corrected chi connectivity index (χ1v) is 5.01. The molecule has 13 heavy (non-hydrogen) atoms. The van der Waals surface area contributed by atoms with E-state index in [2.05, 4.69) is 6.58 Å². The fourth-order valence-corrected chi connectivity index (χ4v) is 2.18. The molecule has 2 heteroatoms. The monoisotopic (exact) mass is 179 g/mol. The van der Waals surface area contributed by atoms with Crippen molar-refractivity contribution >= 4 is 6.29 Å². The van der Waals surface area contributed by atoms with Crippen LogP contribution in [0.3, 0.4) is 0 Å². The molecule has 2 rings (SSSR count). The highest BCUT2D eigenvalue weighted by Crippen LogP contribution is 2.41. The van der Waals surface area contributed by atoms with Crippen molar-refractivity contribution in [1.82, 2.24) is 0 Å². The number of carbonyl (C=O) groups excluding carboxylic acids is 1. The molecule has 1 saturated heterocycles. The molecule has 1 aliphatic heterocycles. The van der Waals surface area contributed by atoms with Gasteiger partial charge in [0.05, 0.1) is 12.2 Å². The fourth-order valence-electron chi connectivity index (χ4n) is 2.18. The quantitative estimate of drug-likeness (QED) is 0.488. The highest BCUT2D eigenvalue weighted by atomic mass is 16.6. The van der Waals surface area contributed by atoms with Gasteiger partial charge in [0.25, 0.3) is 0 Å². The molecular weight excluding hydrogens is 164 g/mol. The molecule has 3 atom stereocenters. The van der Waals surface area contributed by atoms with Crippen molar-refractivity contribution in [3.63, 3.8) is 0 Å². The molecular formula is C11H15O2. The van der Waals surface area contributed by atoms with E-state index in [-0.39, 0.29) is 0 Å². The van der Waals surface area contributed by atoms with E-state index in [1.807, 2.05) is 6.29 Å². The van der Waals surface area contributed by atoms with Gasteiger partial charge in [-0.25, -0.2) is 0 Å². The summed E-state index contributed by atoms with van der Waals surface area (Å²) >= 11 is 0. The van der Waals surface area contributed by atoms with Crippen LogP contribution in [-0.2, 0) is 9.53 Å². The number of ether oxygens (including phenoxy) is 1. The summed E-state index contributed by atoms with van der Waals surface area (Å²) < 4.78 is 5.44. The highest BCUT2D eigenvalue weighted by molar-refractivity contribution is 5.72. The van der Waals surface area contributed by atoms with Gasteiger partial charge in [-0.15, -0.1) is 0 Å². The first-order valence-electron chi connectivity index (χ1n) is 5.01.